The standard InChI is InChI=1S/2C2H4O2.Li.Na.H2O/c2*1-2(3)4;;;/h2*1H3,(H,3,4);;;1H2/q;;2*+1;/p-2. The summed E-state index contributed by atoms with van der Waals surface area (Å²) in [6.07, 6.45) is 0. The van der Waals surface area contributed by atoms with E-state index in [1.807, 2.05) is 0 Å². The number of carboxylic acids is 2. The van der Waals surface area contributed by atoms with E-state index in [4.69, 9.17) is 19.8 Å². The Morgan fingerprint density at radius 3 is 1.00 bits per heavy atom. The molecule has 2 N–H and O–H groups in total. The zero-order valence-corrected chi connectivity index (χ0v) is 9.13. The van der Waals surface area contributed by atoms with Crippen molar-refractivity contribution < 1.29 is 73.7 Å². The van der Waals surface area contributed by atoms with Crippen molar-refractivity contribution in [2.24, 2.45) is 0 Å². The summed E-state index contributed by atoms with van der Waals surface area (Å²) in [5, 5.41) is 17.8. The predicted octanol–water partition coefficient (Wildman–Crippen LogP) is -9.30. The van der Waals surface area contributed by atoms with Gasteiger partial charge < -0.3 is 25.3 Å². The minimum absolute atomic E-state index is 0. The minimum Gasteiger partial charge on any atom is -0.550 e. The summed E-state index contributed by atoms with van der Waals surface area (Å²) in [6, 6.07) is 0. The Kier molecular flexibility index (Phi) is 61.2. The summed E-state index contributed by atoms with van der Waals surface area (Å²) >= 11 is 0. The molecule has 0 aliphatic carbocycles. The quantitative estimate of drug-likeness (QED) is 0.332. The Bertz CT molecular complexity index is 76.5. The van der Waals surface area contributed by atoms with Crippen LogP contribution in [0.25, 0.3) is 0 Å². The third-order valence-electron chi connectivity index (χ3n) is 0. The molecule has 5 nitrogen and oxygen atoms in total. The molecule has 0 atom stereocenters. The number of aliphatic carboxylic acids is 2. The number of carboxylic acid groups (broad SMARTS) is 2. The number of carbonyl (C=O) groups excluding carboxylic acids is 2. The molecule has 0 radical (unpaired) electrons. The summed E-state index contributed by atoms with van der Waals surface area (Å²) in [5.41, 5.74) is 0. The summed E-state index contributed by atoms with van der Waals surface area (Å²) in [4.78, 5) is 17.8. The predicted molar refractivity (Wildman–Crippen MR) is 25.0 cm³/mol. The Labute approximate surface area is 98.9 Å². The molecule has 0 fully saturated rings. The summed E-state index contributed by atoms with van der Waals surface area (Å²) in [5.74, 6) is -2.17. The van der Waals surface area contributed by atoms with E-state index in [-0.39, 0.29) is 53.9 Å². The number of rotatable bonds is 0. The van der Waals surface area contributed by atoms with Crippen LogP contribution in [0, 0.1) is 0 Å². The zero-order chi connectivity index (χ0) is 7.15. The molecule has 0 aromatic carbocycles. The molecule has 11 heavy (non-hydrogen) atoms. The van der Waals surface area contributed by atoms with Gasteiger partial charge in [-0.2, -0.15) is 0 Å². The molecule has 0 unspecified atom stereocenters. The minimum atomic E-state index is -1.08. The monoisotopic (exact) mass is 166 g/mol. The van der Waals surface area contributed by atoms with Crippen molar-refractivity contribution in [3.63, 3.8) is 0 Å². The molecule has 0 heterocycles. The average Bonchev–Trinajstić information content (AvgIpc) is 1.25. The van der Waals surface area contributed by atoms with Gasteiger partial charge in [-0.1, -0.05) is 0 Å². The Morgan fingerprint density at radius 2 is 1.00 bits per heavy atom. The van der Waals surface area contributed by atoms with E-state index in [0.29, 0.717) is 0 Å². The number of carbonyl (C=O) groups is 2. The smallest absolute Gasteiger partial charge is 0.550 e. The van der Waals surface area contributed by atoms with Crippen LogP contribution in [-0.2, 0) is 9.59 Å². The number of hydrogen-bond donors (Lipinski definition) is 0. The zero-order valence-electron chi connectivity index (χ0n) is 7.13. The molecule has 0 aromatic rings. The van der Waals surface area contributed by atoms with Crippen molar-refractivity contribution >= 4 is 11.9 Å². The van der Waals surface area contributed by atoms with Gasteiger partial charge in [0.05, 0.1) is 0 Å². The van der Waals surface area contributed by atoms with Crippen molar-refractivity contribution in [2.75, 3.05) is 0 Å². The van der Waals surface area contributed by atoms with Gasteiger partial charge in [0.1, 0.15) is 0 Å². The largest absolute Gasteiger partial charge is 1.00 e. The molecule has 0 aromatic heterocycles. The molecule has 0 amide bonds. The topological polar surface area (TPSA) is 112 Å². The van der Waals surface area contributed by atoms with Crippen LogP contribution in [0.2, 0.25) is 0 Å². The van der Waals surface area contributed by atoms with Gasteiger partial charge in [-0.3, -0.25) is 0 Å². The van der Waals surface area contributed by atoms with Crippen LogP contribution in [0.3, 0.4) is 0 Å². The fourth-order valence-electron chi connectivity index (χ4n) is 0. The van der Waals surface area contributed by atoms with Gasteiger partial charge in [-0.15, -0.1) is 0 Å². The van der Waals surface area contributed by atoms with E-state index in [1.54, 1.807) is 0 Å². The molecule has 0 saturated heterocycles. The van der Waals surface area contributed by atoms with E-state index >= 15 is 0 Å². The summed E-state index contributed by atoms with van der Waals surface area (Å²) in [6.45, 7) is 1.94. The van der Waals surface area contributed by atoms with Gasteiger partial charge in [0, 0.05) is 11.9 Å². The van der Waals surface area contributed by atoms with Gasteiger partial charge in [0.2, 0.25) is 0 Å². The van der Waals surface area contributed by atoms with Crippen LogP contribution in [-0.4, -0.2) is 17.4 Å². The van der Waals surface area contributed by atoms with Gasteiger partial charge in [-0.25, -0.2) is 0 Å². The first-order valence-electron chi connectivity index (χ1n) is 1.82. The van der Waals surface area contributed by atoms with Gasteiger partial charge in [0.15, 0.2) is 0 Å². The molecule has 0 aliphatic rings. The fourth-order valence-corrected chi connectivity index (χ4v) is 0. The van der Waals surface area contributed by atoms with Crippen molar-refractivity contribution in [3.8, 4) is 0 Å². The Hall–Kier alpha value is 0.497. The molecular formula is C4H8LiNaO5. The second-order valence-corrected chi connectivity index (χ2v) is 0.983. The first-order chi connectivity index (χ1) is 3.46. The first-order valence-corrected chi connectivity index (χ1v) is 1.82. The molecule has 0 rings (SSSR count). The van der Waals surface area contributed by atoms with E-state index in [0.717, 1.165) is 13.8 Å². The van der Waals surface area contributed by atoms with Crippen LogP contribution in [0.1, 0.15) is 13.8 Å². The van der Waals surface area contributed by atoms with Crippen molar-refractivity contribution in [3.05, 3.63) is 0 Å². The second kappa shape index (κ2) is 22.4. The maximum absolute atomic E-state index is 8.89. The molecule has 56 valence electrons. The van der Waals surface area contributed by atoms with E-state index in [9.17, 15) is 0 Å². The number of hydrogen-bond acceptors (Lipinski definition) is 4. The second-order valence-electron chi connectivity index (χ2n) is 0.983. The maximum Gasteiger partial charge on any atom is 1.00 e. The van der Waals surface area contributed by atoms with Crippen molar-refractivity contribution in [1.29, 1.82) is 0 Å². The average molecular weight is 166 g/mol. The van der Waals surface area contributed by atoms with E-state index in [1.165, 1.54) is 0 Å². The third-order valence-corrected chi connectivity index (χ3v) is 0. The van der Waals surface area contributed by atoms with Crippen LogP contribution >= 0.6 is 0 Å². The van der Waals surface area contributed by atoms with Crippen LogP contribution in [0.15, 0.2) is 0 Å². The fraction of sp³-hybridized carbons (Fsp3) is 0.500. The normalized spacial score (nSPS) is 4.55. The SMILES string of the molecule is CC(=O)[O-].CC(=O)[O-].O.[Li+].[Na+]. The van der Waals surface area contributed by atoms with Gasteiger partial charge in [0.25, 0.3) is 0 Å². The maximum atomic E-state index is 8.89. The van der Waals surface area contributed by atoms with E-state index in [2.05, 4.69) is 0 Å². The molecule has 0 bridgehead atoms. The third kappa shape index (κ3) is 3060. The van der Waals surface area contributed by atoms with Crippen LogP contribution in [0.4, 0.5) is 0 Å². The van der Waals surface area contributed by atoms with Crippen LogP contribution in [0.5, 0.6) is 0 Å². The molecule has 0 aliphatic heterocycles. The molecule has 0 spiro atoms. The Balaban J connectivity index is -0.0000000171. The van der Waals surface area contributed by atoms with Gasteiger partial charge >= 0.3 is 48.4 Å². The van der Waals surface area contributed by atoms with E-state index < -0.39 is 11.9 Å². The Morgan fingerprint density at radius 1 is 1.00 bits per heavy atom. The van der Waals surface area contributed by atoms with Gasteiger partial charge in [-0.05, 0) is 13.8 Å². The molecule has 7 heteroatoms. The summed E-state index contributed by atoms with van der Waals surface area (Å²) < 4.78 is 0. The summed E-state index contributed by atoms with van der Waals surface area (Å²) in [7, 11) is 0. The van der Waals surface area contributed by atoms with Crippen LogP contribution < -0.4 is 58.6 Å². The van der Waals surface area contributed by atoms with Crippen molar-refractivity contribution in [2.45, 2.75) is 13.8 Å². The molecule has 0 saturated carbocycles. The molecular weight excluding hydrogens is 158 g/mol. The van der Waals surface area contributed by atoms with Crippen molar-refractivity contribution in [1.82, 2.24) is 0 Å². The first kappa shape index (κ1) is 30.0.